The van der Waals surface area contributed by atoms with Crippen molar-refractivity contribution in [3.05, 3.63) is 11.1 Å². The van der Waals surface area contributed by atoms with Gasteiger partial charge in [-0.25, -0.2) is 0 Å². The van der Waals surface area contributed by atoms with Gasteiger partial charge in [-0.3, -0.25) is 5.32 Å². The maximum Gasteiger partial charge on any atom is 0.122 e. The molecule has 2 nitrogen and oxygen atoms in total. The third-order valence-electron chi connectivity index (χ3n) is 6.75. The first-order valence-corrected chi connectivity index (χ1v) is 8.39. The molecule has 2 aliphatic carbocycles. The smallest absolute Gasteiger partial charge is 0.122 e. The summed E-state index contributed by atoms with van der Waals surface area (Å²) in [6.07, 6.45) is 6.54. The first kappa shape index (κ1) is 14.6. The summed E-state index contributed by atoms with van der Waals surface area (Å²) in [7, 11) is 0. The fourth-order valence-corrected chi connectivity index (χ4v) is 4.85. The molecule has 0 amide bonds. The highest BCUT2D eigenvalue weighted by Crippen LogP contribution is 2.57. The second-order valence-corrected chi connectivity index (χ2v) is 8.33. The average Bonchev–Trinajstić information content (AvgIpc) is 2.80. The van der Waals surface area contributed by atoms with E-state index in [9.17, 15) is 0 Å². The van der Waals surface area contributed by atoms with Gasteiger partial charge < -0.3 is 4.74 Å². The zero-order chi connectivity index (χ0) is 14.6. The zero-order valence-electron chi connectivity index (χ0n) is 13.9. The summed E-state index contributed by atoms with van der Waals surface area (Å²) in [6, 6.07) is 0. The molecule has 114 valence electrons. The van der Waals surface area contributed by atoms with Crippen LogP contribution in [0.25, 0.3) is 0 Å². The Morgan fingerprint density at radius 2 is 1.95 bits per heavy atom. The summed E-state index contributed by atoms with van der Waals surface area (Å²) in [6.45, 7) is 13.9. The van der Waals surface area contributed by atoms with Crippen molar-refractivity contribution < 1.29 is 4.74 Å². The van der Waals surface area contributed by atoms with E-state index in [1.165, 1.54) is 32.1 Å². The molecule has 0 spiro atoms. The van der Waals surface area contributed by atoms with Crippen molar-refractivity contribution in [1.29, 1.82) is 0 Å². The van der Waals surface area contributed by atoms with Gasteiger partial charge in [-0.05, 0) is 50.4 Å². The highest BCUT2D eigenvalue weighted by molar-refractivity contribution is 5.30. The van der Waals surface area contributed by atoms with Crippen LogP contribution in [0.3, 0.4) is 0 Å². The van der Waals surface area contributed by atoms with Crippen LogP contribution in [0.5, 0.6) is 0 Å². The molecule has 1 fully saturated rings. The number of rotatable bonds is 1. The summed E-state index contributed by atoms with van der Waals surface area (Å²) in [5, 5.41) is 3.65. The number of hydrogen-bond acceptors (Lipinski definition) is 2. The predicted molar refractivity (Wildman–Crippen MR) is 83.5 cm³/mol. The van der Waals surface area contributed by atoms with Crippen molar-refractivity contribution in [2.75, 3.05) is 13.2 Å². The molecule has 0 bridgehead atoms. The van der Waals surface area contributed by atoms with E-state index in [1.807, 2.05) is 0 Å². The van der Waals surface area contributed by atoms with Gasteiger partial charge in [0.25, 0.3) is 0 Å². The van der Waals surface area contributed by atoms with Crippen molar-refractivity contribution >= 4 is 0 Å². The number of nitrogens with one attached hydrogen (secondary N) is 1. The van der Waals surface area contributed by atoms with Crippen LogP contribution in [0.15, 0.2) is 11.1 Å². The molecule has 20 heavy (non-hydrogen) atoms. The largest absolute Gasteiger partial charge is 0.359 e. The minimum atomic E-state index is -0.154. The Labute approximate surface area is 124 Å². The molecule has 2 heteroatoms. The first-order valence-electron chi connectivity index (χ1n) is 8.39. The molecule has 1 aliphatic heterocycles. The number of hydrogen-bond donors (Lipinski definition) is 1. The quantitative estimate of drug-likeness (QED) is 0.723. The Morgan fingerprint density at radius 1 is 1.20 bits per heavy atom. The third-order valence-corrected chi connectivity index (χ3v) is 6.75. The molecule has 0 radical (unpaired) electrons. The minimum absolute atomic E-state index is 0.154. The summed E-state index contributed by atoms with van der Waals surface area (Å²) in [4.78, 5) is 0. The van der Waals surface area contributed by atoms with Crippen LogP contribution in [0, 0.1) is 16.7 Å². The molecule has 0 unspecified atom stereocenters. The molecule has 0 saturated carbocycles. The van der Waals surface area contributed by atoms with Gasteiger partial charge in [0.15, 0.2) is 0 Å². The maximum atomic E-state index is 6.17. The summed E-state index contributed by atoms with van der Waals surface area (Å²) >= 11 is 0. The van der Waals surface area contributed by atoms with E-state index in [4.69, 9.17) is 4.74 Å². The van der Waals surface area contributed by atoms with E-state index in [-0.39, 0.29) is 11.1 Å². The highest BCUT2D eigenvalue weighted by Gasteiger charge is 2.54. The van der Waals surface area contributed by atoms with Crippen LogP contribution in [0.2, 0.25) is 0 Å². The first-order chi connectivity index (χ1) is 9.29. The van der Waals surface area contributed by atoms with Gasteiger partial charge in [0.1, 0.15) is 5.72 Å². The van der Waals surface area contributed by atoms with Gasteiger partial charge in [0.2, 0.25) is 0 Å². The van der Waals surface area contributed by atoms with Crippen LogP contribution < -0.4 is 5.32 Å². The van der Waals surface area contributed by atoms with Gasteiger partial charge in [-0.1, -0.05) is 38.8 Å². The summed E-state index contributed by atoms with van der Waals surface area (Å²) < 4.78 is 6.17. The fraction of sp³-hybridized carbons (Fsp3) is 0.889. The molecule has 3 atom stereocenters. The van der Waals surface area contributed by atoms with E-state index in [0.29, 0.717) is 11.3 Å². The van der Waals surface area contributed by atoms with Crippen LogP contribution in [-0.2, 0) is 4.74 Å². The summed E-state index contributed by atoms with van der Waals surface area (Å²) in [5.41, 5.74) is 3.97. The molecule has 3 aliphatic rings. The lowest BCUT2D eigenvalue weighted by molar-refractivity contribution is -0.123. The molecule has 0 aromatic carbocycles. The van der Waals surface area contributed by atoms with E-state index >= 15 is 0 Å². The summed E-state index contributed by atoms with van der Waals surface area (Å²) in [5.74, 6) is 0.686. The van der Waals surface area contributed by atoms with Gasteiger partial charge in [-0.15, -0.1) is 0 Å². The highest BCUT2D eigenvalue weighted by atomic mass is 16.5. The average molecular weight is 277 g/mol. The number of ether oxygens (including phenoxy) is 1. The predicted octanol–water partition coefficient (Wildman–Crippen LogP) is 4.27. The van der Waals surface area contributed by atoms with E-state index in [1.54, 1.807) is 11.1 Å². The van der Waals surface area contributed by atoms with E-state index in [2.05, 4.69) is 39.9 Å². The van der Waals surface area contributed by atoms with Crippen molar-refractivity contribution in [2.24, 2.45) is 16.7 Å². The molecule has 1 N–H and O–H groups in total. The molecular weight excluding hydrogens is 246 g/mol. The fourth-order valence-electron chi connectivity index (χ4n) is 4.85. The normalized spacial score (nSPS) is 44.5. The molecule has 3 rings (SSSR count). The van der Waals surface area contributed by atoms with Crippen LogP contribution in [0.4, 0.5) is 0 Å². The second kappa shape index (κ2) is 4.58. The van der Waals surface area contributed by atoms with Crippen molar-refractivity contribution in [2.45, 2.75) is 72.4 Å². The lowest BCUT2D eigenvalue weighted by Gasteiger charge is -2.54. The van der Waals surface area contributed by atoms with Crippen LogP contribution >= 0.6 is 0 Å². The topological polar surface area (TPSA) is 21.3 Å². The van der Waals surface area contributed by atoms with Gasteiger partial charge in [0.05, 0.1) is 6.61 Å². The van der Waals surface area contributed by atoms with Crippen molar-refractivity contribution in [3.8, 4) is 0 Å². The maximum absolute atomic E-state index is 6.17. The van der Waals surface area contributed by atoms with Crippen LogP contribution in [-0.4, -0.2) is 18.9 Å². The molecular formula is C18H31NO. The Bertz CT molecular complexity index is 431. The Hall–Kier alpha value is -0.340. The van der Waals surface area contributed by atoms with E-state index < -0.39 is 0 Å². The third kappa shape index (κ3) is 1.99. The van der Waals surface area contributed by atoms with E-state index in [0.717, 1.165) is 13.2 Å². The van der Waals surface area contributed by atoms with Crippen LogP contribution in [0.1, 0.15) is 66.7 Å². The Balaban J connectivity index is 1.98. The van der Waals surface area contributed by atoms with Crippen molar-refractivity contribution in [1.82, 2.24) is 5.32 Å². The van der Waals surface area contributed by atoms with Gasteiger partial charge in [-0.2, -0.15) is 0 Å². The minimum Gasteiger partial charge on any atom is -0.359 e. The van der Waals surface area contributed by atoms with Gasteiger partial charge >= 0.3 is 0 Å². The Kier molecular flexibility index (Phi) is 3.34. The molecule has 0 aromatic rings. The Morgan fingerprint density at radius 3 is 2.60 bits per heavy atom. The zero-order valence-corrected chi connectivity index (χ0v) is 13.9. The number of allylic oxidation sites excluding steroid dienone is 2. The van der Waals surface area contributed by atoms with Gasteiger partial charge in [0, 0.05) is 12.0 Å². The molecule has 0 aromatic heterocycles. The monoisotopic (exact) mass is 277 g/mol. The lowest BCUT2D eigenvalue weighted by atomic mass is 9.55. The second-order valence-electron chi connectivity index (χ2n) is 8.33. The molecule has 1 saturated heterocycles. The molecule has 1 heterocycles. The SMILES string of the molecule is C[C@@H]1CC2=C(C[C@]1(C)[C@]1(C)NCCO1)C(C)(C)CCC2. The lowest BCUT2D eigenvalue weighted by Crippen LogP contribution is -2.57. The standard InChI is InChI=1S/C18H31NO/c1-13-11-14-7-6-8-16(2,3)15(14)12-17(13,4)18(5)19-9-10-20-18/h13,19H,6-12H2,1-5H3/t13-,17+,18-/m1/s1. The van der Waals surface area contributed by atoms with Crippen molar-refractivity contribution in [3.63, 3.8) is 0 Å².